The highest BCUT2D eigenvalue weighted by Crippen LogP contribution is 2.37. The molecular weight excluding hydrogens is 204 g/mol. The molecule has 0 aliphatic heterocycles. The maximum absolute atomic E-state index is 4.29. The molecule has 0 unspecified atom stereocenters. The second kappa shape index (κ2) is 2.63. The van der Waals surface area contributed by atoms with Gasteiger partial charge in [0.15, 0.2) is 0 Å². The number of imidazole rings is 1. The maximum atomic E-state index is 4.29. The van der Waals surface area contributed by atoms with E-state index in [9.17, 15) is 0 Å². The zero-order valence-corrected chi connectivity index (χ0v) is 8.08. The molecule has 1 aliphatic rings. The van der Waals surface area contributed by atoms with Gasteiger partial charge in [0.05, 0.1) is 4.83 Å². The smallest absolute Gasteiger partial charge is 0.122 e. The van der Waals surface area contributed by atoms with Crippen molar-refractivity contribution in [2.24, 2.45) is 0 Å². The highest BCUT2D eigenvalue weighted by Gasteiger charge is 2.26. The Bertz CT molecular complexity index is 234. The van der Waals surface area contributed by atoms with E-state index in [4.69, 9.17) is 0 Å². The molecule has 2 nitrogen and oxygen atoms in total. The van der Waals surface area contributed by atoms with Crippen molar-refractivity contribution < 1.29 is 0 Å². The second-order valence-corrected chi connectivity index (χ2v) is 4.41. The molecule has 0 bridgehead atoms. The monoisotopic (exact) mass is 214 g/mol. The van der Waals surface area contributed by atoms with Crippen LogP contribution in [0.1, 0.15) is 36.5 Å². The number of alkyl halides is 1. The van der Waals surface area contributed by atoms with Gasteiger partial charge in [0.1, 0.15) is 5.82 Å². The van der Waals surface area contributed by atoms with Crippen molar-refractivity contribution in [2.45, 2.75) is 30.6 Å². The zero-order valence-electron chi connectivity index (χ0n) is 6.50. The largest absolute Gasteiger partial charge is 0.331 e. The molecule has 0 aromatic carbocycles. The highest BCUT2D eigenvalue weighted by atomic mass is 79.9. The third-order valence-corrected chi connectivity index (χ3v) is 2.40. The predicted octanol–water partition coefficient (Wildman–Crippen LogP) is 2.67. The van der Waals surface area contributed by atoms with Gasteiger partial charge in [-0.15, -0.1) is 0 Å². The van der Waals surface area contributed by atoms with Gasteiger partial charge in [0.25, 0.3) is 0 Å². The van der Waals surface area contributed by atoms with Crippen LogP contribution >= 0.6 is 15.9 Å². The summed E-state index contributed by atoms with van der Waals surface area (Å²) in [4.78, 5) is 4.67. The lowest BCUT2D eigenvalue weighted by molar-refractivity contribution is 0.686. The van der Waals surface area contributed by atoms with Gasteiger partial charge in [0.2, 0.25) is 0 Å². The number of hydrogen-bond acceptors (Lipinski definition) is 1. The molecule has 1 aromatic heterocycles. The van der Waals surface area contributed by atoms with Gasteiger partial charge in [-0.2, -0.15) is 0 Å². The van der Waals surface area contributed by atoms with E-state index in [1.807, 2.05) is 6.20 Å². The molecule has 0 N–H and O–H groups in total. The summed E-state index contributed by atoms with van der Waals surface area (Å²) in [5.41, 5.74) is 0. The average molecular weight is 215 g/mol. The number of aromatic nitrogens is 2. The van der Waals surface area contributed by atoms with Gasteiger partial charge in [-0.1, -0.05) is 15.9 Å². The van der Waals surface area contributed by atoms with Gasteiger partial charge < -0.3 is 4.57 Å². The Kier molecular flexibility index (Phi) is 1.75. The van der Waals surface area contributed by atoms with E-state index in [1.165, 1.54) is 12.8 Å². The van der Waals surface area contributed by atoms with Crippen LogP contribution in [0, 0.1) is 0 Å². The van der Waals surface area contributed by atoms with E-state index >= 15 is 0 Å². The Morgan fingerprint density at radius 2 is 2.45 bits per heavy atom. The fourth-order valence-electron chi connectivity index (χ4n) is 1.29. The molecule has 0 spiro atoms. The fraction of sp³-hybridized carbons (Fsp3) is 0.625. The summed E-state index contributed by atoms with van der Waals surface area (Å²) in [5.74, 6) is 1.16. The first-order chi connectivity index (χ1) is 5.29. The first-order valence-corrected chi connectivity index (χ1v) is 4.87. The van der Waals surface area contributed by atoms with Crippen molar-refractivity contribution in [2.75, 3.05) is 0 Å². The van der Waals surface area contributed by atoms with E-state index < -0.39 is 0 Å². The van der Waals surface area contributed by atoms with Crippen LogP contribution in [-0.4, -0.2) is 9.55 Å². The molecule has 0 radical (unpaired) electrons. The number of rotatable bonds is 2. The molecule has 1 heterocycles. The normalized spacial score (nSPS) is 20.2. The Morgan fingerprint density at radius 1 is 1.73 bits per heavy atom. The molecule has 1 aliphatic carbocycles. The van der Waals surface area contributed by atoms with Crippen molar-refractivity contribution >= 4 is 15.9 Å². The van der Waals surface area contributed by atoms with E-state index in [0.29, 0.717) is 4.83 Å². The van der Waals surface area contributed by atoms with Crippen LogP contribution in [0.25, 0.3) is 0 Å². The van der Waals surface area contributed by atoms with Gasteiger partial charge in [0, 0.05) is 18.4 Å². The number of halogens is 1. The van der Waals surface area contributed by atoms with Crippen molar-refractivity contribution in [1.29, 1.82) is 0 Å². The summed E-state index contributed by atoms with van der Waals surface area (Å²) in [5, 5.41) is 0. The summed E-state index contributed by atoms with van der Waals surface area (Å²) in [6.07, 6.45) is 6.60. The fourth-order valence-corrected chi connectivity index (χ4v) is 1.65. The van der Waals surface area contributed by atoms with Crippen molar-refractivity contribution in [1.82, 2.24) is 9.55 Å². The first-order valence-electron chi connectivity index (χ1n) is 3.96. The minimum absolute atomic E-state index is 0.373. The number of hydrogen-bond donors (Lipinski definition) is 0. The summed E-state index contributed by atoms with van der Waals surface area (Å²) < 4.78 is 2.28. The van der Waals surface area contributed by atoms with Gasteiger partial charge >= 0.3 is 0 Å². The predicted molar refractivity (Wildman–Crippen MR) is 47.8 cm³/mol. The molecule has 3 heteroatoms. The van der Waals surface area contributed by atoms with Crippen LogP contribution in [0.4, 0.5) is 0 Å². The molecule has 0 amide bonds. The lowest BCUT2D eigenvalue weighted by atomic mass is 10.4. The van der Waals surface area contributed by atoms with Crippen molar-refractivity contribution in [3.05, 3.63) is 18.2 Å². The number of nitrogens with zero attached hydrogens (tertiary/aromatic N) is 2. The summed E-state index contributed by atoms with van der Waals surface area (Å²) in [7, 11) is 0. The van der Waals surface area contributed by atoms with E-state index in [0.717, 1.165) is 11.9 Å². The van der Waals surface area contributed by atoms with Crippen LogP contribution < -0.4 is 0 Å². The summed E-state index contributed by atoms with van der Waals surface area (Å²) >= 11 is 3.53. The van der Waals surface area contributed by atoms with E-state index in [2.05, 4.69) is 38.6 Å². The van der Waals surface area contributed by atoms with Crippen LogP contribution in [0.15, 0.2) is 12.4 Å². The van der Waals surface area contributed by atoms with Crippen LogP contribution in [0.2, 0.25) is 0 Å². The summed E-state index contributed by atoms with van der Waals surface area (Å²) in [6, 6.07) is 0.743. The molecule has 60 valence electrons. The topological polar surface area (TPSA) is 17.8 Å². The Labute approximate surface area is 74.8 Å². The zero-order chi connectivity index (χ0) is 7.84. The average Bonchev–Trinajstić information content (AvgIpc) is 2.68. The van der Waals surface area contributed by atoms with E-state index in [-0.39, 0.29) is 0 Å². The third kappa shape index (κ3) is 1.34. The third-order valence-electron chi connectivity index (χ3n) is 1.99. The molecule has 1 atom stereocenters. The standard InChI is InChI=1S/C8H11BrN2/c1-6(9)8-10-4-5-11(8)7-2-3-7/h4-7H,2-3H2,1H3/t6-/m0/s1. The van der Waals surface area contributed by atoms with Crippen LogP contribution in [-0.2, 0) is 0 Å². The molecule has 1 aromatic rings. The lowest BCUT2D eigenvalue weighted by Gasteiger charge is -2.06. The molecule has 0 saturated heterocycles. The Balaban J connectivity index is 2.30. The van der Waals surface area contributed by atoms with E-state index in [1.54, 1.807) is 0 Å². The SMILES string of the molecule is C[C@H](Br)c1nccn1C1CC1. The Hall–Kier alpha value is -0.310. The molecule has 11 heavy (non-hydrogen) atoms. The minimum Gasteiger partial charge on any atom is -0.331 e. The van der Waals surface area contributed by atoms with Gasteiger partial charge in [-0.3, -0.25) is 0 Å². The minimum atomic E-state index is 0.373. The van der Waals surface area contributed by atoms with Crippen molar-refractivity contribution in [3.8, 4) is 0 Å². The van der Waals surface area contributed by atoms with Gasteiger partial charge in [-0.05, 0) is 19.8 Å². The molecule has 1 fully saturated rings. The molecule has 2 rings (SSSR count). The van der Waals surface area contributed by atoms with Crippen LogP contribution in [0.5, 0.6) is 0 Å². The summed E-state index contributed by atoms with van der Waals surface area (Å²) in [6.45, 7) is 2.11. The second-order valence-electron chi connectivity index (χ2n) is 3.04. The van der Waals surface area contributed by atoms with Gasteiger partial charge in [-0.25, -0.2) is 4.98 Å². The highest BCUT2D eigenvalue weighted by molar-refractivity contribution is 9.09. The Morgan fingerprint density at radius 3 is 3.00 bits per heavy atom. The lowest BCUT2D eigenvalue weighted by Crippen LogP contribution is -2.00. The van der Waals surface area contributed by atoms with Crippen LogP contribution in [0.3, 0.4) is 0 Å². The molecule has 1 saturated carbocycles. The molecular formula is C8H11BrN2. The maximum Gasteiger partial charge on any atom is 0.122 e. The first kappa shape index (κ1) is 7.35. The van der Waals surface area contributed by atoms with Crippen molar-refractivity contribution in [3.63, 3.8) is 0 Å². The quantitative estimate of drug-likeness (QED) is 0.693.